The highest BCUT2D eigenvalue weighted by Crippen LogP contribution is 2.20. The topological polar surface area (TPSA) is 102 Å². The maximum atomic E-state index is 12.7. The number of carbonyl (C=O) groups excluding carboxylic acids is 1. The predicted octanol–water partition coefficient (Wildman–Crippen LogP) is 2.78. The van der Waals surface area contributed by atoms with Crippen LogP contribution in [0.4, 0.5) is 0 Å². The lowest BCUT2D eigenvalue weighted by atomic mass is 9.96. The second kappa shape index (κ2) is 7.68. The molecule has 6 heteroatoms. The molecule has 0 aliphatic heterocycles. The second-order valence-corrected chi connectivity index (χ2v) is 6.97. The molecule has 0 fully saturated rings. The number of rotatable bonds is 6. The summed E-state index contributed by atoms with van der Waals surface area (Å²) >= 11 is 0. The highest BCUT2D eigenvalue weighted by molar-refractivity contribution is 5.92. The van der Waals surface area contributed by atoms with Gasteiger partial charge in [-0.2, -0.15) is 0 Å². The van der Waals surface area contributed by atoms with E-state index in [0.717, 1.165) is 11.1 Å². The van der Waals surface area contributed by atoms with Crippen molar-refractivity contribution in [3.05, 3.63) is 80.6 Å². The fourth-order valence-corrected chi connectivity index (χ4v) is 3.35. The average molecular weight is 378 g/mol. The number of aromatic carboxylic acids is 1. The van der Waals surface area contributed by atoms with Crippen molar-refractivity contribution >= 4 is 22.8 Å². The van der Waals surface area contributed by atoms with E-state index in [0.29, 0.717) is 17.3 Å². The van der Waals surface area contributed by atoms with Crippen molar-refractivity contribution in [2.24, 2.45) is 5.73 Å². The Labute approximate surface area is 162 Å². The number of amides is 1. The van der Waals surface area contributed by atoms with Gasteiger partial charge in [-0.15, -0.1) is 0 Å². The third-order valence-electron chi connectivity index (χ3n) is 5.09. The molecule has 3 N–H and O–H groups in total. The first-order chi connectivity index (χ1) is 13.3. The fourth-order valence-electron chi connectivity index (χ4n) is 3.35. The van der Waals surface area contributed by atoms with E-state index in [2.05, 4.69) is 19.9 Å². The molecule has 0 spiro atoms. The molecule has 1 heterocycles. The van der Waals surface area contributed by atoms with Crippen LogP contribution < -0.4 is 11.2 Å². The van der Waals surface area contributed by atoms with Crippen LogP contribution in [0.3, 0.4) is 0 Å². The lowest BCUT2D eigenvalue weighted by molar-refractivity contribution is -0.118. The molecule has 3 aromatic rings. The van der Waals surface area contributed by atoms with Gasteiger partial charge >= 0.3 is 5.97 Å². The Bertz CT molecular complexity index is 1150. The number of carboxylic acid groups (broad SMARTS) is 1. The van der Waals surface area contributed by atoms with Crippen molar-refractivity contribution in [3.63, 3.8) is 0 Å². The lowest BCUT2D eigenvalue weighted by Gasteiger charge is -2.13. The summed E-state index contributed by atoms with van der Waals surface area (Å²) in [5, 5.41) is 9.72. The summed E-state index contributed by atoms with van der Waals surface area (Å²) in [6.07, 6.45) is 1.98. The van der Waals surface area contributed by atoms with Crippen LogP contribution in [-0.4, -0.2) is 21.6 Å². The number of carboxylic acids is 1. The van der Waals surface area contributed by atoms with Gasteiger partial charge < -0.3 is 15.4 Å². The Hall–Kier alpha value is -3.41. The summed E-state index contributed by atoms with van der Waals surface area (Å²) < 4.78 is 1.60. The van der Waals surface area contributed by atoms with Gasteiger partial charge in [0.05, 0.1) is 5.52 Å². The molecule has 0 radical (unpaired) electrons. The van der Waals surface area contributed by atoms with Crippen LogP contribution in [0.2, 0.25) is 0 Å². The third kappa shape index (κ3) is 3.81. The molecule has 28 heavy (non-hydrogen) atoms. The van der Waals surface area contributed by atoms with E-state index in [-0.39, 0.29) is 18.5 Å². The third-order valence-corrected chi connectivity index (χ3v) is 5.09. The first-order valence-corrected chi connectivity index (χ1v) is 9.00. The van der Waals surface area contributed by atoms with Gasteiger partial charge in [-0.3, -0.25) is 9.59 Å². The standard InChI is InChI=1S/C22H22N2O4/c1-13-4-3-5-16(14(13)2)10-15-6-7-19-17(11-15)21(26)18(22(27)28)12-24(19)9-8-20(23)25/h3-7,11-12H,8-10H2,1-2H3,(H2,23,25)(H,27,28). The number of hydrogen-bond acceptors (Lipinski definition) is 3. The zero-order valence-corrected chi connectivity index (χ0v) is 15.9. The quantitative estimate of drug-likeness (QED) is 0.688. The number of benzene rings is 2. The molecule has 0 aliphatic rings. The minimum Gasteiger partial charge on any atom is -0.477 e. The number of carbonyl (C=O) groups is 2. The predicted molar refractivity (Wildman–Crippen MR) is 108 cm³/mol. The molecular weight excluding hydrogens is 356 g/mol. The van der Waals surface area contributed by atoms with Crippen molar-refractivity contribution < 1.29 is 14.7 Å². The van der Waals surface area contributed by atoms with Crippen LogP contribution in [0.5, 0.6) is 0 Å². The Balaban J connectivity index is 2.12. The van der Waals surface area contributed by atoms with E-state index in [1.54, 1.807) is 16.7 Å². The first-order valence-electron chi connectivity index (χ1n) is 9.00. The Morgan fingerprint density at radius 1 is 1.14 bits per heavy atom. The number of primary amides is 1. The highest BCUT2D eigenvalue weighted by Gasteiger charge is 2.15. The average Bonchev–Trinajstić information content (AvgIpc) is 2.65. The SMILES string of the molecule is Cc1cccc(Cc2ccc3c(c2)c(=O)c(C(=O)O)cn3CCC(N)=O)c1C. The zero-order chi connectivity index (χ0) is 20.4. The van der Waals surface area contributed by atoms with Crippen LogP contribution in [0.1, 0.15) is 39.0 Å². The minimum atomic E-state index is -1.29. The largest absolute Gasteiger partial charge is 0.477 e. The van der Waals surface area contributed by atoms with Crippen LogP contribution in [-0.2, 0) is 17.8 Å². The number of pyridine rings is 1. The fraction of sp³-hybridized carbons (Fsp3) is 0.227. The molecule has 0 aliphatic carbocycles. The summed E-state index contributed by atoms with van der Waals surface area (Å²) in [5.41, 5.74) is 9.42. The molecule has 1 aromatic heterocycles. The number of nitrogens with zero attached hydrogens (tertiary/aromatic N) is 1. The van der Waals surface area contributed by atoms with E-state index < -0.39 is 17.3 Å². The van der Waals surface area contributed by atoms with E-state index in [9.17, 15) is 19.5 Å². The number of aromatic nitrogens is 1. The summed E-state index contributed by atoms with van der Waals surface area (Å²) in [5.74, 6) is -1.78. The maximum absolute atomic E-state index is 12.7. The van der Waals surface area contributed by atoms with Gasteiger partial charge in [-0.1, -0.05) is 24.3 Å². The van der Waals surface area contributed by atoms with Crippen molar-refractivity contribution in [1.29, 1.82) is 0 Å². The molecule has 0 atom stereocenters. The van der Waals surface area contributed by atoms with Crippen molar-refractivity contribution in [3.8, 4) is 0 Å². The molecule has 0 bridgehead atoms. The van der Waals surface area contributed by atoms with Gasteiger partial charge in [0, 0.05) is 24.5 Å². The lowest BCUT2D eigenvalue weighted by Crippen LogP contribution is -2.21. The summed E-state index contributed by atoms with van der Waals surface area (Å²) in [6, 6.07) is 11.6. The van der Waals surface area contributed by atoms with Gasteiger partial charge in [0.25, 0.3) is 0 Å². The van der Waals surface area contributed by atoms with Crippen molar-refractivity contribution in [2.45, 2.75) is 33.2 Å². The van der Waals surface area contributed by atoms with Crippen LogP contribution >= 0.6 is 0 Å². The number of fused-ring (bicyclic) bond motifs is 1. The van der Waals surface area contributed by atoms with Gasteiger partial charge in [-0.05, 0) is 54.7 Å². The molecule has 2 aromatic carbocycles. The number of hydrogen-bond donors (Lipinski definition) is 2. The van der Waals surface area contributed by atoms with Gasteiger partial charge in [0.1, 0.15) is 5.56 Å². The molecule has 0 saturated carbocycles. The van der Waals surface area contributed by atoms with Gasteiger partial charge in [0.15, 0.2) is 0 Å². The second-order valence-electron chi connectivity index (χ2n) is 6.97. The van der Waals surface area contributed by atoms with Crippen LogP contribution in [0.15, 0.2) is 47.4 Å². The van der Waals surface area contributed by atoms with Gasteiger partial charge in [0.2, 0.25) is 11.3 Å². The first kappa shape index (κ1) is 19.4. The summed E-state index contributed by atoms with van der Waals surface area (Å²) in [6.45, 7) is 4.32. The Kier molecular flexibility index (Phi) is 5.31. The zero-order valence-electron chi connectivity index (χ0n) is 15.9. The Morgan fingerprint density at radius 3 is 2.57 bits per heavy atom. The molecule has 0 unspecified atom stereocenters. The normalized spacial score (nSPS) is 10.9. The molecule has 1 amide bonds. The van der Waals surface area contributed by atoms with E-state index in [1.807, 2.05) is 18.2 Å². The van der Waals surface area contributed by atoms with Crippen LogP contribution in [0.25, 0.3) is 10.9 Å². The Morgan fingerprint density at radius 2 is 1.89 bits per heavy atom. The van der Waals surface area contributed by atoms with E-state index in [4.69, 9.17) is 5.73 Å². The summed E-state index contributed by atoms with van der Waals surface area (Å²) in [4.78, 5) is 35.4. The maximum Gasteiger partial charge on any atom is 0.341 e. The van der Waals surface area contributed by atoms with E-state index in [1.165, 1.54) is 17.3 Å². The van der Waals surface area contributed by atoms with Crippen LogP contribution in [0, 0.1) is 13.8 Å². The smallest absolute Gasteiger partial charge is 0.341 e. The molecule has 144 valence electrons. The highest BCUT2D eigenvalue weighted by atomic mass is 16.4. The molecular formula is C22H22N2O4. The molecule has 3 rings (SSSR count). The summed E-state index contributed by atoms with van der Waals surface area (Å²) in [7, 11) is 0. The molecule has 0 saturated heterocycles. The van der Waals surface area contributed by atoms with Crippen molar-refractivity contribution in [1.82, 2.24) is 4.57 Å². The monoisotopic (exact) mass is 378 g/mol. The minimum absolute atomic E-state index is 0.0568. The van der Waals surface area contributed by atoms with Crippen molar-refractivity contribution in [2.75, 3.05) is 0 Å². The van der Waals surface area contributed by atoms with Gasteiger partial charge in [-0.25, -0.2) is 4.79 Å². The number of nitrogens with two attached hydrogens (primary N) is 1. The number of aryl methyl sites for hydroxylation is 2. The molecule has 6 nitrogen and oxygen atoms in total. The van der Waals surface area contributed by atoms with E-state index >= 15 is 0 Å².